The lowest BCUT2D eigenvalue weighted by Crippen LogP contribution is -1.96. The van der Waals surface area contributed by atoms with Crippen LogP contribution in [0.4, 0.5) is 0 Å². The molecule has 7 rings (SSSR count). The van der Waals surface area contributed by atoms with E-state index in [2.05, 4.69) is 78.9 Å². The van der Waals surface area contributed by atoms with Crippen LogP contribution < -0.4 is 0 Å². The van der Waals surface area contributed by atoms with Gasteiger partial charge >= 0.3 is 0 Å². The summed E-state index contributed by atoms with van der Waals surface area (Å²) in [5, 5.41) is 5.57. The average Bonchev–Trinajstić information content (AvgIpc) is 2.92. The first-order chi connectivity index (χ1) is 17.7. The molecule has 0 saturated heterocycles. The van der Waals surface area contributed by atoms with E-state index in [4.69, 9.17) is 19.9 Å². The van der Waals surface area contributed by atoms with Crippen molar-refractivity contribution in [1.82, 2.24) is 19.9 Å². The van der Waals surface area contributed by atoms with Crippen LogP contribution in [0.3, 0.4) is 0 Å². The standard InChI is InChI=1S/C32H22N4/c1-19-14-15-21-16-17-25-26(18-20(2)34-32(25)30(21)33-19)28-12-7-13-29(35-28)31-24-10-4-3-8-22(24)23-9-5-6-11-27(23)36-31/h3-18H,1-2H3. The summed E-state index contributed by atoms with van der Waals surface area (Å²) in [4.78, 5) is 19.9. The summed E-state index contributed by atoms with van der Waals surface area (Å²) >= 11 is 0. The fraction of sp³-hybridized carbons (Fsp3) is 0.0625. The fourth-order valence-corrected chi connectivity index (χ4v) is 5.12. The highest BCUT2D eigenvalue weighted by Crippen LogP contribution is 2.35. The van der Waals surface area contributed by atoms with E-state index in [1.807, 2.05) is 32.0 Å². The van der Waals surface area contributed by atoms with Gasteiger partial charge < -0.3 is 0 Å². The molecule has 0 radical (unpaired) electrons. The van der Waals surface area contributed by atoms with E-state index in [-0.39, 0.29) is 0 Å². The lowest BCUT2D eigenvalue weighted by Gasteiger charge is -2.12. The van der Waals surface area contributed by atoms with Crippen LogP contribution in [-0.2, 0) is 0 Å². The van der Waals surface area contributed by atoms with Crippen LogP contribution in [0.15, 0.2) is 97.1 Å². The maximum absolute atomic E-state index is 5.15. The van der Waals surface area contributed by atoms with Gasteiger partial charge in [0.15, 0.2) is 0 Å². The Morgan fingerprint density at radius 1 is 0.472 bits per heavy atom. The van der Waals surface area contributed by atoms with Crippen LogP contribution in [0.1, 0.15) is 11.4 Å². The monoisotopic (exact) mass is 462 g/mol. The molecular formula is C32H22N4. The van der Waals surface area contributed by atoms with Crippen molar-refractivity contribution in [1.29, 1.82) is 0 Å². The quantitative estimate of drug-likeness (QED) is 0.246. The van der Waals surface area contributed by atoms with Gasteiger partial charge in [0.2, 0.25) is 0 Å². The van der Waals surface area contributed by atoms with Crippen molar-refractivity contribution in [3.8, 4) is 22.6 Å². The second-order valence-electron chi connectivity index (χ2n) is 9.23. The van der Waals surface area contributed by atoms with Crippen molar-refractivity contribution in [3.05, 3.63) is 108 Å². The Hall–Kier alpha value is -4.70. The van der Waals surface area contributed by atoms with Crippen LogP contribution in [0.2, 0.25) is 0 Å². The first-order valence-corrected chi connectivity index (χ1v) is 12.1. The van der Waals surface area contributed by atoms with Crippen molar-refractivity contribution < 1.29 is 0 Å². The van der Waals surface area contributed by atoms with E-state index in [0.29, 0.717) is 0 Å². The Labute approximate surface area is 208 Å². The minimum absolute atomic E-state index is 0.854. The highest BCUT2D eigenvalue weighted by atomic mass is 14.8. The fourth-order valence-electron chi connectivity index (χ4n) is 5.12. The lowest BCUT2D eigenvalue weighted by molar-refractivity contribution is 1.22. The van der Waals surface area contributed by atoms with E-state index in [0.717, 1.165) is 72.1 Å². The van der Waals surface area contributed by atoms with E-state index in [9.17, 15) is 0 Å². The highest BCUT2D eigenvalue weighted by Gasteiger charge is 2.15. The molecule has 0 bridgehead atoms. The Morgan fingerprint density at radius 2 is 1.19 bits per heavy atom. The van der Waals surface area contributed by atoms with Gasteiger partial charge in [-0.3, -0.25) is 9.97 Å². The van der Waals surface area contributed by atoms with Gasteiger partial charge in [0, 0.05) is 38.5 Å². The molecule has 0 aliphatic heterocycles. The number of hydrogen-bond acceptors (Lipinski definition) is 4. The molecule has 0 N–H and O–H groups in total. The van der Waals surface area contributed by atoms with Gasteiger partial charge in [-0.2, -0.15) is 0 Å². The molecule has 0 saturated carbocycles. The van der Waals surface area contributed by atoms with Gasteiger partial charge in [0.05, 0.1) is 33.6 Å². The van der Waals surface area contributed by atoms with Crippen molar-refractivity contribution in [3.63, 3.8) is 0 Å². The summed E-state index contributed by atoms with van der Waals surface area (Å²) in [6.07, 6.45) is 0. The Morgan fingerprint density at radius 3 is 2.08 bits per heavy atom. The van der Waals surface area contributed by atoms with Crippen LogP contribution in [0, 0.1) is 13.8 Å². The average molecular weight is 463 g/mol. The zero-order valence-electron chi connectivity index (χ0n) is 20.0. The molecule has 0 unspecified atom stereocenters. The molecule has 4 heterocycles. The summed E-state index contributed by atoms with van der Waals surface area (Å²) in [6.45, 7) is 4.04. The SMILES string of the molecule is Cc1ccc2ccc3c(-c4cccc(-c5nc6ccccc6c6ccccc56)n4)cc(C)nc3c2n1. The Balaban J connectivity index is 1.49. The zero-order valence-corrected chi connectivity index (χ0v) is 20.0. The smallest absolute Gasteiger partial charge is 0.0974 e. The largest absolute Gasteiger partial charge is 0.251 e. The summed E-state index contributed by atoms with van der Waals surface area (Å²) in [7, 11) is 0. The van der Waals surface area contributed by atoms with Crippen LogP contribution in [0.25, 0.3) is 66.1 Å². The minimum Gasteiger partial charge on any atom is -0.251 e. The maximum atomic E-state index is 5.15. The van der Waals surface area contributed by atoms with Gasteiger partial charge in [0.25, 0.3) is 0 Å². The molecule has 0 atom stereocenters. The third kappa shape index (κ3) is 3.23. The van der Waals surface area contributed by atoms with Crippen molar-refractivity contribution in [2.24, 2.45) is 0 Å². The molecule has 4 nitrogen and oxygen atoms in total. The second-order valence-corrected chi connectivity index (χ2v) is 9.23. The summed E-state index contributed by atoms with van der Waals surface area (Å²) in [6, 6.07) is 33.4. The third-order valence-corrected chi connectivity index (χ3v) is 6.78. The molecule has 4 heteroatoms. The number of benzene rings is 3. The van der Waals surface area contributed by atoms with Crippen molar-refractivity contribution in [2.45, 2.75) is 13.8 Å². The molecule has 3 aromatic carbocycles. The number of aryl methyl sites for hydroxylation is 2. The first kappa shape index (κ1) is 20.7. The summed E-state index contributed by atoms with van der Waals surface area (Å²) in [5.74, 6) is 0. The van der Waals surface area contributed by atoms with E-state index in [1.165, 1.54) is 5.39 Å². The molecular weight excluding hydrogens is 440 g/mol. The van der Waals surface area contributed by atoms with E-state index >= 15 is 0 Å². The molecule has 0 aliphatic rings. The first-order valence-electron chi connectivity index (χ1n) is 12.1. The number of pyridine rings is 4. The number of para-hydroxylation sites is 1. The number of nitrogens with zero attached hydrogens (tertiary/aromatic N) is 4. The molecule has 0 spiro atoms. The third-order valence-electron chi connectivity index (χ3n) is 6.78. The molecule has 36 heavy (non-hydrogen) atoms. The van der Waals surface area contributed by atoms with Crippen LogP contribution in [0.5, 0.6) is 0 Å². The highest BCUT2D eigenvalue weighted by molar-refractivity contribution is 6.11. The minimum atomic E-state index is 0.854. The summed E-state index contributed by atoms with van der Waals surface area (Å²) in [5.41, 5.74) is 8.42. The molecule has 170 valence electrons. The number of fused-ring (bicyclic) bond motifs is 6. The molecule has 4 aromatic heterocycles. The van der Waals surface area contributed by atoms with Gasteiger partial charge in [-0.25, -0.2) is 9.97 Å². The van der Waals surface area contributed by atoms with Gasteiger partial charge in [0.1, 0.15) is 0 Å². The predicted molar refractivity (Wildman–Crippen MR) is 148 cm³/mol. The predicted octanol–water partition coefficient (Wildman–Crippen LogP) is 7.83. The van der Waals surface area contributed by atoms with Gasteiger partial charge in [-0.05, 0) is 49.6 Å². The number of aromatic nitrogens is 4. The molecule has 0 fully saturated rings. The van der Waals surface area contributed by atoms with E-state index < -0.39 is 0 Å². The molecule has 0 aliphatic carbocycles. The van der Waals surface area contributed by atoms with Gasteiger partial charge in [-0.15, -0.1) is 0 Å². The Bertz CT molecular complexity index is 1970. The van der Waals surface area contributed by atoms with Crippen molar-refractivity contribution >= 4 is 43.5 Å². The Kier molecular flexibility index (Phi) is 4.55. The second kappa shape index (κ2) is 7.92. The lowest BCUT2D eigenvalue weighted by atomic mass is 10.00. The normalized spacial score (nSPS) is 11.6. The maximum Gasteiger partial charge on any atom is 0.0974 e. The molecule has 7 aromatic rings. The summed E-state index contributed by atoms with van der Waals surface area (Å²) < 4.78 is 0. The topological polar surface area (TPSA) is 51.6 Å². The number of hydrogen-bond donors (Lipinski definition) is 0. The number of rotatable bonds is 2. The van der Waals surface area contributed by atoms with Gasteiger partial charge in [-0.1, -0.05) is 66.7 Å². The molecule has 0 amide bonds. The van der Waals surface area contributed by atoms with Crippen LogP contribution in [-0.4, -0.2) is 19.9 Å². The van der Waals surface area contributed by atoms with E-state index in [1.54, 1.807) is 0 Å². The van der Waals surface area contributed by atoms with Crippen molar-refractivity contribution in [2.75, 3.05) is 0 Å². The zero-order chi connectivity index (χ0) is 24.2. The van der Waals surface area contributed by atoms with Crippen LogP contribution >= 0.6 is 0 Å².